The minimum absolute atomic E-state index is 0. The molecule has 1 aliphatic carbocycles. The third-order valence-electron chi connectivity index (χ3n) is 5.67. The third-order valence-corrected chi connectivity index (χ3v) is 5.67. The SMILES string of the molecule is CC(C)(O)CNC1CCC2(CC1)CN(C[C@@H]1CCNC1)C2.Cl. The minimum atomic E-state index is -0.586. The van der Waals surface area contributed by atoms with Gasteiger partial charge in [0.1, 0.15) is 0 Å². The first-order valence-electron chi connectivity index (χ1n) is 8.83. The smallest absolute Gasteiger partial charge is 0.0715 e. The lowest BCUT2D eigenvalue weighted by Gasteiger charge is -2.54. The van der Waals surface area contributed by atoms with E-state index in [1.807, 2.05) is 13.8 Å². The van der Waals surface area contributed by atoms with Crippen LogP contribution in [0.3, 0.4) is 0 Å². The summed E-state index contributed by atoms with van der Waals surface area (Å²) in [5.41, 5.74) is 0.0522. The number of likely N-dealkylation sites (tertiary alicyclic amines) is 1. The normalized spacial score (nSPS) is 29.3. The van der Waals surface area contributed by atoms with Crippen LogP contribution in [0.25, 0.3) is 0 Å². The highest BCUT2D eigenvalue weighted by molar-refractivity contribution is 5.85. The van der Waals surface area contributed by atoms with E-state index < -0.39 is 5.60 Å². The highest BCUT2D eigenvalue weighted by atomic mass is 35.5. The van der Waals surface area contributed by atoms with Crippen molar-refractivity contribution in [1.29, 1.82) is 0 Å². The molecule has 0 aromatic rings. The summed E-state index contributed by atoms with van der Waals surface area (Å²) in [5.74, 6) is 0.896. The van der Waals surface area contributed by atoms with E-state index in [0.29, 0.717) is 18.0 Å². The number of nitrogens with zero attached hydrogens (tertiary/aromatic N) is 1. The van der Waals surface area contributed by atoms with Gasteiger partial charge < -0.3 is 20.6 Å². The molecule has 4 nitrogen and oxygen atoms in total. The first-order valence-corrected chi connectivity index (χ1v) is 8.83. The van der Waals surface area contributed by atoms with Crippen LogP contribution in [0.15, 0.2) is 0 Å². The van der Waals surface area contributed by atoms with Crippen LogP contribution in [0.1, 0.15) is 46.0 Å². The van der Waals surface area contributed by atoms with E-state index in [2.05, 4.69) is 15.5 Å². The van der Waals surface area contributed by atoms with E-state index in [1.54, 1.807) is 0 Å². The van der Waals surface area contributed by atoms with Gasteiger partial charge in [-0.25, -0.2) is 0 Å². The molecule has 3 aliphatic rings. The molecule has 5 heteroatoms. The molecule has 3 fully saturated rings. The largest absolute Gasteiger partial charge is 0.389 e. The second kappa shape index (κ2) is 7.35. The zero-order valence-corrected chi connectivity index (χ0v) is 15.1. The molecule has 0 unspecified atom stereocenters. The average molecular weight is 332 g/mol. The van der Waals surface area contributed by atoms with Gasteiger partial charge in [-0.1, -0.05) is 0 Å². The van der Waals surface area contributed by atoms with Crippen LogP contribution in [0.5, 0.6) is 0 Å². The summed E-state index contributed by atoms with van der Waals surface area (Å²) in [6, 6.07) is 0.620. The van der Waals surface area contributed by atoms with Crippen LogP contribution in [0.2, 0.25) is 0 Å². The quantitative estimate of drug-likeness (QED) is 0.716. The lowest BCUT2D eigenvalue weighted by molar-refractivity contribution is -0.0413. The fraction of sp³-hybridized carbons (Fsp3) is 1.00. The van der Waals surface area contributed by atoms with Gasteiger partial charge in [0.05, 0.1) is 5.60 Å². The summed E-state index contributed by atoms with van der Waals surface area (Å²) < 4.78 is 0. The van der Waals surface area contributed by atoms with Crippen molar-refractivity contribution in [3.05, 3.63) is 0 Å². The third kappa shape index (κ3) is 4.81. The van der Waals surface area contributed by atoms with E-state index in [-0.39, 0.29) is 12.4 Å². The summed E-state index contributed by atoms with van der Waals surface area (Å²) in [6.45, 7) is 10.9. The molecular weight excluding hydrogens is 298 g/mol. The molecule has 0 bridgehead atoms. The van der Waals surface area contributed by atoms with E-state index in [4.69, 9.17) is 0 Å². The lowest BCUT2D eigenvalue weighted by atomic mass is 9.67. The standard InChI is InChI=1S/C17H33N3O.ClH/c1-16(2,21)11-19-15-3-6-17(7-4-15)12-20(13-17)10-14-5-8-18-9-14;/h14-15,18-19,21H,3-13H2,1-2H3;1H/t14-;/m1./s1. The molecule has 3 N–H and O–H groups in total. The van der Waals surface area contributed by atoms with Crippen molar-refractivity contribution in [2.45, 2.75) is 57.6 Å². The van der Waals surface area contributed by atoms with Gasteiger partial charge in [-0.15, -0.1) is 12.4 Å². The number of rotatable bonds is 5. The number of hydrogen-bond acceptors (Lipinski definition) is 4. The van der Waals surface area contributed by atoms with Crippen LogP contribution in [-0.4, -0.2) is 60.9 Å². The van der Waals surface area contributed by atoms with Gasteiger partial charge in [0.2, 0.25) is 0 Å². The van der Waals surface area contributed by atoms with Gasteiger partial charge >= 0.3 is 0 Å². The number of halogens is 1. The molecule has 22 heavy (non-hydrogen) atoms. The van der Waals surface area contributed by atoms with Gasteiger partial charge in [-0.2, -0.15) is 0 Å². The van der Waals surface area contributed by atoms with Gasteiger partial charge in [-0.05, 0) is 70.4 Å². The van der Waals surface area contributed by atoms with E-state index >= 15 is 0 Å². The number of aliphatic hydroxyl groups is 1. The van der Waals surface area contributed by atoms with Crippen molar-refractivity contribution in [3.8, 4) is 0 Å². The number of hydrogen-bond donors (Lipinski definition) is 3. The van der Waals surface area contributed by atoms with Crippen molar-refractivity contribution < 1.29 is 5.11 Å². The summed E-state index contributed by atoms with van der Waals surface area (Å²) in [6.07, 6.45) is 6.68. The minimum Gasteiger partial charge on any atom is -0.389 e. The summed E-state index contributed by atoms with van der Waals surface area (Å²) in [7, 11) is 0. The van der Waals surface area contributed by atoms with Gasteiger partial charge in [0.25, 0.3) is 0 Å². The van der Waals surface area contributed by atoms with Crippen LogP contribution in [0, 0.1) is 11.3 Å². The summed E-state index contributed by atoms with van der Waals surface area (Å²) in [5, 5.41) is 16.8. The Morgan fingerprint density at radius 1 is 1.23 bits per heavy atom. The maximum atomic E-state index is 9.80. The Labute approximate surface area is 141 Å². The van der Waals surface area contributed by atoms with Crippen molar-refractivity contribution in [3.63, 3.8) is 0 Å². The Hall–Kier alpha value is 0.130. The second-order valence-electron chi connectivity index (χ2n) is 8.50. The first kappa shape index (κ1) is 18.5. The van der Waals surface area contributed by atoms with E-state index in [0.717, 1.165) is 5.92 Å². The van der Waals surface area contributed by atoms with Crippen LogP contribution < -0.4 is 10.6 Å². The molecule has 0 aromatic heterocycles. The zero-order valence-electron chi connectivity index (χ0n) is 14.2. The molecule has 0 amide bonds. The van der Waals surface area contributed by atoms with Crippen molar-refractivity contribution in [2.75, 3.05) is 39.3 Å². The Kier molecular flexibility index (Phi) is 6.17. The molecule has 0 aromatic carbocycles. The average Bonchev–Trinajstić information content (AvgIpc) is 2.88. The molecule has 1 saturated carbocycles. The fourth-order valence-electron chi connectivity index (χ4n) is 4.41. The molecule has 3 rings (SSSR count). The predicted molar refractivity (Wildman–Crippen MR) is 93.7 cm³/mol. The molecule has 1 spiro atoms. The van der Waals surface area contributed by atoms with Crippen LogP contribution >= 0.6 is 12.4 Å². The lowest BCUT2D eigenvalue weighted by Crippen LogP contribution is -2.59. The Morgan fingerprint density at radius 2 is 1.91 bits per heavy atom. The van der Waals surface area contributed by atoms with E-state index in [1.165, 1.54) is 64.8 Å². The van der Waals surface area contributed by atoms with Crippen molar-refractivity contribution in [1.82, 2.24) is 15.5 Å². The van der Waals surface area contributed by atoms with Gasteiger partial charge in [0, 0.05) is 32.2 Å². The van der Waals surface area contributed by atoms with Crippen LogP contribution in [0.4, 0.5) is 0 Å². The summed E-state index contributed by atoms with van der Waals surface area (Å²) in [4.78, 5) is 2.68. The zero-order chi connectivity index (χ0) is 14.9. The van der Waals surface area contributed by atoms with Gasteiger partial charge in [-0.3, -0.25) is 0 Å². The Morgan fingerprint density at radius 3 is 2.45 bits per heavy atom. The number of nitrogens with one attached hydrogen (secondary N) is 2. The Bertz CT molecular complexity index is 336. The molecule has 2 saturated heterocycles. The molecule has 130 valence electrons. The maximum absolute atomic E-state index is 9.80. The highest BCUT2D eigenvalue weighted by Gasteiger charge is 2.45. The van der Waals surface area contributed by atoms with Crippen molar-refractivity contribution >= 4 is 12.4 Å². The molecule has 1 atom stereocenters. The Balaban J connectivity index is 0.00000176. The first-order chi connectivity index (χ1) is 9.94. The van der Waals surface area contributed by atoms with Crippen LogP contribution in [-0.2, 0) is 0 Å². The van der Waals surface area contributed by atoms with Gasteiger partial charge in [0.15, 0.2) is 0 Å². The predicted octanol–water partition coefficient (Wildman–Crippen LogP) is 1.62. The highest BCUT2D eigenvalue weighted by Crippen LogP contribution is 2.44. The summed E-state index contributed by atoms with van der Waals surface area (Å²) >= 11 is 0. The second-order valence-corrected chi connectivity index (χ2v) is 8.50. The van der Waals surface area contributed by atoms with Crippen molar-refractivity contribution in [2.24, 2.45) is 11.3 Å². The topological polar surface area (TPSA) is 47.5 Å². The monoisotopic (exact) mass is 331 g/mol. The van der Waals surface area contributed by atoms with E-state index in [9.17, 15) is 5.11 Å². The fourth-order valence-corrected chi connectivity index (χ4v) is 4.41. The molecule has 0 radical (unpaired) electrons. The molecule has 2 aliphatic heterocycles. The maximum Gasteiger partial charge on any atom is 0.0715 e. The molecule has 2 heterocycles. The molecular formula is C17H34ClN3O.